The average Bonchev–Trinajstić information content (AvgIpc) is 2.63. The standard InChI is InChI=1S/C11H10N2O2S/c1-2-3-7-4-5-8-9(10(7)15-6-14)13-11(12)16-8/h2,4-6H,1,3H2,(H2,12,13). The molecule has 0 aliphatic heterocycles. The molecule has 0 bridgehead atoms. The van der Waals surface area contributed by atoms with Crippen LogP contribution in [0.25, 0.3) is 10.2 Å². The molecule has 0 aliphatic carbocycles. The number of carbonyl (C=O) groups is 1. The SMILES string of the molecule is C=CCc1ccc2sc(N)nc2c1OC=O. The number of ether oxygens (including phenoxy) is 1. The molecular weight excluding hydrogens is 224 g/mol. The summed E-state index contributed by atoms with van der Waals surface area (Å²) in [6, 6.07) is 3.81. The van der Waals surface area contributed by atoms with Gasteiger partial charge in [-0.15, -0.1) is 6.58 Å². The number of hydrogen-bond donors (Lipinski definition) is 1. The Morgan fingerprint density at radius 1 is 1.56 bits per heavy atom. The second-order valence-corrected chi connectivity index (χ2v) is 4.22. The van der Waals surface area contributed by atoms with Crippen LogP contribution >= 0.6 is 11.3 Å². The number of fused-ring (bicyclic) bond motifs is 1. The molecule has 0 atom stereocenters. The van der Waals surface area contributed by atoms with Crippen molar-refractivity contribution in [2.75, 3.05) is 5.73 Å². The van der Waals surface area contributed by atoms with Crippen LogP contribution in [0.3, 0.4) is 0 Å². The molecule has 0 saturated carbocycles. The van der Waals surface area contributed by atoms with E-state index in [1.807, 2.05) is 12.1 Å². The fourth-order valence-corrected chi connectivity index (χ4v) is 2.26. The third-order valence-electron chi connectivity index (χ3n) is 2.14. The number of carbonyl (C=O) groups excluding carboxylic acids is 1. The Labute approximate surface area is 96.4 Å². The van der Waals surface area contributed by atoms with Gasteiger partial charge in [-0.1, -0.05) is 23.5 Å². The van der Waals surface area contributed by atoms with Gasteiger partial charge in [0, 0.05) is 5.56 Å². The van der Waals surface area contributed by atoms with E-state index in [2.05, 4.69) is 11.6 Å². The molecule has 82 valence electrons. The predicted molar refractivity (Wildman–Crippen MR) is 64.6 cm³/mol. The van der Waals surface area contributed by atoms with Crippen LogP contribution in [0.4, 0.5) is 5.13 Å². The van der Waals surface area contributed by atoms with Crippen molar-refractivity contribution in [2.45, 2.75) is 6.42 Å². The maximum absolute atomic E-state index is 10.5. The van der Waals surface area contributed by atoms with E-state index in [1.54, 1.807) is 6.08 Å². The van der Waals surface area contributed by atoms with Gasteiger partial charge in [0.05, 0.1) is 4.70 Å². The van der Waals surface area contributed by atoms with Crippen molar-refractivity contribution >= 4 is 33.2 Å². The summed E-state index contributed by atoms with van der Waals surface area (Å²) in [5.74, 6) is 0.473. The first-order chi connectivity index (χ1) is 7.76. The largest absolute Gasteiger partial charge is 0.426 e. The van der Waals surface area contributed by atoms with Crippen LogP contribution in [0, 0.1) is 0 Å². The molecule has 1 aromatic heterocycles. The molecule has 0 spiro atoms. The first-order valence-corrected chi connectivity index (χ1v) is 5.47. The van der Waals surface area contributed by atoms with Crippen LogP contribution < -0.4 is 10.5 Å². The van der Waals surface area contributed by atoms with E-state index in [9.17, 15) is 4.79 Å². The van der Waals surface area contributed by atoms with Crippen LogP contribution in [0.1, 0.15) is 5.56 Å². The highest BCUT2D eigenvalue weighted by Gasteiger charge is 2.12. The smallest absolute Gasteiger partial charge is 0.298 e. The second-order valence-electron chi connectivity index (χ2n) is 3.16. The lowest BCUT2D eigenvalue weighted by Crippen LogP contribution is -1.95. The van der Waals surface area contributed by atoms with Gasteiger partial charge in [0.25, 0.3) is 6.47 Å². The van der Waals surface area contributed by atoms with Gasteiger partial charge in [-0.05, 0) is 12.5 Å². The molecular formula is C11H10N2O2S. The number of nitrogen functional groups attached to an aromatic ring is 1. The zero-order valence-electron chi connectivity index (χ0n) is 8.47. The predicted octanol–water partition coefficient (Wildman–Crippen LogP) is 2.14. The third-order valence-corrected chi connectivity index (χ3v) is 2.99. The highest BCUT2D eigenvalue weighted by Crippen LogP contribution is 2.34. The van der Waals surface area contributed by atoms with Crippen LogP contribution in [0.5, 0.6) is 5.75 Å². The van der Waals surface area contributed by atoms with Crippen LogP contribution in [0.2, 0.25) is 0 Å². The number of hydrogen-bond acceptors (Lipinski definition) is 5. The van der Waals surface area contributed by atoms with Gasteiger partial charge in [-0.2, -0.15) is 0 Å². The number of aromatic nitrogens is 1. The number of allylic oxidation sites excluding steroid dienone is 1. The normalized spacial score (nSPS) is 10.2. The fourth-order valence-electron chi connectivity index (χ4n) is 1.52. The molecule has 16 heavy (non-hydrogen) atoms. The lowest BCUT2D eigenvalue weighted by atomic mass is 10.1. The number of nitrogens with zero attached hydrogens (tertiary/aromatic N) is 1. The van der Waals surface area contributed by atoms with Gasteiger partial charge >= 0.3 is 0 Å². The lowest BCUT2D eigenvalue weighted by Gasteiger charge is -2.05. The van der Waals surface area contributed by atoms with E-state index in [0.717, 1.165) is 10.3 Å². The molecule has 0 saturated heterocycles. The second kappa shape index (κ2) is 4.32. The summed E-state index contributed by atoms with van der Waals surface area (Å²) >= 11 is 1.36. The minimum atomic E-state index is 0.400. The Morgan fingerprint density at radius 3 is 3.06 bits per heavy atom. The molecule has 2 aromatic rings. The lowest BCUT2D eigenvalue weighted by molar-refractivity contribution is -0.120. The molecule has 0 unspecified atom stereocenters. The van der Waals surface area contributed by atoms with Crippen molar-refractivity contribution in [3.63, 3.8) is 0 Å². The molecule has 1 aromatic carbocycles. The van der Waals surface area contributed by atoms with Gasteiger partial charge in [-0.3, -0.25) is 4.79 Å². The van der Waals surface area contributed by atoms with Gasteiger partial charge in [0.1, 0.15) is 5.52 Å². The van der Waals surface area contributed by atoms with Crippen molar-refractivity contribution < 1.29 is 9.53 Å². The molecule has 0 radical (unpaired) electrons. The minimum Gasteiger partial charge on any atom is -0.426 e. The summed E-state index contributed by atoms with van der Waals surface area (Å²) < 4.78 is 5.88. The molecule has 5 heteroatoms. The van der Waals surface area contributed by atoms with Crippen LogP contribution in [-0.4, -0.2) is 11.5 Å². The Balaban J connectivity index is 2.66. The summed E-state index contributed by atoms with van der Waals surface area (Å²) in [5, 5.41) is 0.460. The van der Waals surface area contributed by atoms with E-state index in [1.165, 1.54) is 11.3 Å². The van der Waals surface area contributed by atoms with Crippen molar-refractivity contribution in [3.05, 3.63) is 30.4 Å². The summed E-state index contributed by atoms with van der Waals surface area (Å²) in [6.07, 6.45) is 2.37. The number of nitrogens with two attached hydrogens (primary N) is 1. The molecule has 4 nitrogen and oxygen atoms in total. The number of anilines is 1. The van der Waals surface area contributed by atoms with Gasteiger partial charge in [-0.25, -0.2) is 4.98 Å². The minimum absolute atomic E-state index is 0.400. The van der Waals surface area contributed by atoms with Crippen molar-refractivity contribution in [3.8, 4) is 5.75 Å². The maximum Gasteiger partial charge on any atom is 0.298 e. The Bertz CT molecular complexity index is 548. The summed E-state index contributed by atoms with van der Waals surface area (Å²) in [7, 11) is 0. The summed E-state index contributed by atoms with van der Waals surface area (Å²) in [4.78, 5) is 14.6. The number of benzene rings is 1. The van der Waals surface area contributed by atoms with Crippen molar-refractivity contribution in [1.29, 1.82) is 0 Å². The fraction of sp³-hybridized carbons (Fsp3) is 0.0909. The molecule has 0 aliphatic rings. The summed E-state index contributed by atoms with van der Waals surface area (Å²) in [5.41, 5.74) is 7.13. The van der Waals surface area contributed by atoms with Crippen molar-refractivity contribution in [1.82, 2.24) is 4.98 Å². The zero-order valence-corrected chi connectivity index (χ0v) is 9.29. The van der Waals surface area contributed by atoms with Crippen LogP contribution in [0.15, 0.2) is 24.8 Å². The van der Waals surface area contributed by atoms with E-state index in [4.69, 9.17) is 10.5 Å². The topological polar surface area (TPSA) is 65.2 Å². The third kappa shape index (κ3) is 1.77. The van der Waals surface area contributed by atoms with E-state index in [-0.39, 0.29) is 0 Å². The maximum atomic E-state index is 10.5. The molecule has 1 heterocycles. The van der Waals surface area contributed by atoms with Crippen molar-refractivity contribution in [2.24, 2.45) is 0 Å². The van der Waals surface area contributed by atoms with Crippen LogP contribution in [-0.2, 0) is 11.2 Å². The molecule has 2 N–H and O–H groups in total. The molecule has 2 rings (SSSR count). The highest BCUT2D eigenvalue weighted by molar-refractivity contribution is 7.22. The first kappa shape index (κ1) is 10.6. The quantitative estimate of drug-likeness (QED) is 0.650. The van der Waals surface area contributed by atoms with Gasteiger partial charge in [0.15, 0.2) is 10.9 Å². The van der Waals surface area contributed by atoms with Gasteiger partial charge < -0.3 is 10.5 Å². The Morgan fingerprint density at radius 2 is 2.38 bits per heavy atom. The Kier molecular flexibility index (Phi) is 2.87. The monoisotopic (exact) mass is 234 g/mol. The molecule has 0 amide bonds. The van der Waals surface area contributed by atoms with Gasteiger partial charge in [0.2, 0.25) is 0 Å². The Hall–Kier alpha value is -1.88. The first-order valence-electron chi connectivity index (χ1n) is 4.65. The van der Waals surface area contributed by atoms with E-state index >= 15 is 0 Å². The van der Waals surface area contributed by atoms with E-state index < -0.39 is 0 Å². The molecule has 0 fully saturated rings. The average molecular weight is 234 g/mol. The van der Waals surface area contributed by atoms with E-state index in [0.29, 0.717) is 29.3 Å². The highest BCUT2D eigenvalue weighted by atomic mass is 32.1. The summed E-state index contributed by atoms with van der Waals surface area (Å²) in [6.45, 7) is 4.06. The number of rotatable bonds is 4. The zero-order chi connectivity index (χ0) is 11.5. The number of thiazole rings is 1.